The molecule has 0 aromatic heterocycles. The lowest BCUT2D eigenvalue weighted by Crippen LogP contribution is -2.23. The Morgan fingerprint density at radius 3 is 2.35 bits per heavy atom. The fourth-order valence-electron chi connectivity index (χ4n) is 1.16. The number of hydrogen-bond acceptors (Lipinski definition) is 4. The molecule has 7 heteroatoms. The van der Waals surface area contributed by atoms with Crippen molar-refractivity contribution in [2.45, 2.75) is 20.3 Å². The average Bonchev–Trinajstić information content (AvgIpc) is 2.40. The van der Waals surface area contributed by atoms with E-state index in [1.54, 1.807) is 6.92 Å². The molecule has 1 rings (SSSR count). The largest absolute Gasteiger partial charge is 0.480 e. The number of benzene rings is 1. The van der Waals surface area contributed by atoms with Crippen LogP contribution in [0.25, 0.3) is 0 Å². The minimum Gasteiger partial charge on any atom is -0.480 e. The number of rotatable bonds is 5. The molecular formula is C13H13Cl3O4. The summed E-state index contributed by atoms with van der Waals surface area (Å²) in [5, 5.41) is 0.731. The SMILES string of the molecule is CCC(C)C(=O)OC(=O)COc1cc(Cl)c(Cl)cc1Cl. The Bertz CT molecular complexity index is 517. The fraction of sp³-hybridized carbons (Fsp3) is 0.385. The third-order valence-electron chi connectivity index (χ3n) is 2.55. The Kier molecular flexibility index (Phi) is 6.59. The Labute approximate surface area is 131 Å². The van der Waals surface area contributed by atoms with Gasteiger partial charge in [-0.3, -0.25) is 4.79 Å². The number of carbonyl (C=O) groups is 2. The van der Waals surface area contributed by atoms with E-state index >= 15 is 0 Å². The van der Waals surface area contributed by atoms with Crippen molar-refractivity contribution < 1.29 is 19.1 Å². The van der Waals surface area contributed by atoms with Crippen molar-refractivity contribution in [2.24, 2.45) is 5.92 Å². The Morgan fingerprint density at radius 1 is 1.15 bits per heavy atom. The lowest BCUT2D eigenvalue weighted by molar-refractivity contribution is -0.163. The molecule has 0 heterocycles. The molecule has 1 aromatic carbocycles. The van der Waals surface area contributed by atoms with Crippen molar-refractivity contribution >= 4 is 46.7 Å². The van der Waals surface area contributed by atoms with Gasteiger partial charge < -0.3 is 9.47 Å². The van der Waals surface area contributed by atoms with Gasteiger partial charge in [-0.1, -0.05) is 48.7 Å². The predicted octanol–water partition coefficient (Wildman–Crippen LogP) is 4.14. The molecular weight excluding hydrogens is 326 g/mol. The summed E-state index contributed by atoms with van der Waals surface area (Å²) in [5.41, 5.74) is 0. The van der Waals surface area contributed by atoms with Crippen LogP contribution in [0.5, 0.6) is 5.75 Å². The Morgan fingerprint density at radius 2 is 1.75 bits per heavy atom. The molecule has 20 heavy (non-hydrogen) atoms. The van der Waals surface area contributed by atoms with Gasteiger partial charge in [-0.15, -0.1) is 0 Å². The summed E-state index contributed by atoms with van der Waals surface area (Å²) in [6.07, 6.45) is 0.589. The van der Waals surface area contributed by atoms with Crippen LogP contribution in [0.15, 0.2) is 12.1 Å². The van der Waals surface area contributed by atoms with Crippen LogP contribution in [0.3, 0.4) is 0 Å². The number of halogens is 3. The topological polar surface area (TPSA) is 52.6 Å². The summed E-state index contributed by atoms with van der Waals surface area (Å²) >= 11 is 17.4. The van der Waals surface area contributed by atoms with Crippen LogP contribution in [-0.4, -0.2) is 18.5 Å². The molecule has 0 aliphatic carbocycles. The highest BCUT2D eigenvalue weighted by atomic mass is 35.5. The first-order valence-electron chi connectivity index (χ1n) is 5.87. The Hall–Kier alpha value is -0.970. The number of carbonyl (C=O) groups excluding carboxylic acids is 2. The summed E-state index contributed by atoms with van der Waals surface area (Å²) in [4.78, 5) is 22.8. The summed E-state index contributed by atoms with van der Waals surface area (Å²) in [7, 11) is 0. The first-order chi connectivity index (χ1) is 9.35. The molecule has 1 atom stereocenters. The number of hydrogen-bond donors (Lipinski definition) is 0. The predicted molar refractivity (Wildman–Crippen MR) is 77.5 cm³/mol. The van der Waals surface area contributed by atoms with Crippen molar-refractivity contribution in [3.63, 3.8) is 0 Å². The van der Waals surface area contributed by atoms with E-state index < -0.39 is 18.5 Å². The maximum atomic E-state index is 11.4. The van der Waals surface area contributed by atoms with Crippen molar-refractivity contribution in [1.29, 1.82) is 0 Å². The van der Waals surface area contributed by atoms with Crippen LogP contribution in [0.1, 0.15) is 20.3 Å². The van der Waals surface area contributed by atoms with Gasteiger partial charge in [-0.05, 0) is 12.5 Å². The third kappa shape index (κ3) is 4.85. The minimum atomic E-state index is -0.794. The highest BCUT2D eigenvalue weighted by Gasteiger charge is 2.17. The molecule has 0 spiro atoms. The zero-order chi connectivity index (χ0) is 15.3. The van der Waals surface area contributed by atoms with Gasteiger partial charge in [0.25, 0.3) is 0 Å². The molecule has 0 radical (unpaired) electrons. The maximum absolute atomic E-state index is 11.4. The van der Waals surface area contributed by atoms with Gasteiger partial charge in [0, 0.05) is 6.07 Å². The summed E-state index contributed by atoms with van der Waals surface area (Å²) in [6.45, 7) is 3.05. The van der Waals surface area contributed by atoms with E-state index in [1.807, 2.05) is 6.92 Å². The van der Waals surface area contributed by atoms with Gasteiger partial charge in [-0.25, -0.2) is 4.79 Å². The zero-order valence-corrected chi connectivity index (χ0v) is 13.2. The first kappa shape index (κ1) is 17.1. The summed E-state index contributed by atoms with van der Waals surface area (Å²) in [6, 6.07) is 2.78. The van der Waals surface area contributed by atoms with Gasteiger partial charge in [-0.2, -0.15) is 0 Å². The van der Waals surface area contributed by atoms with Gasteiger partial charge in [0.2, 0.25) is 0 Å². The lowest BCUT2D eigenvalue weighted by Gasteiger charge is -2.10. The van der Waals surface area contributed by atoms with Crippen LogP contribution in [0.2, 0.25) is 15.1 Å². The van der Waals surface area contributed by atoms with E-state index in [0.717, 1.165) is 0 Å². The van der Waals surface area contributed by atoms with Gasteiger partial charge in [0.15, 0.2) is 6.61 Å². The van der Waals surface area contributed by atoms with Crippen molar-refractivity contribution in [3.05, 3.63) is 27.2 Å². The van der Waals surface area contributed by atoms with E-state index in [2.05, 4.69) is 4.74 Å². The monoisotopic (exact) mass is 338 g/mol. The fourth-order valence-corrected chi connectivity index (χ4v) is 1.75. The van der Waals surface area contributed by atoms with Crippen LogP contribution in [0, 0.1) is 5.92 Å². The van der Waals surface area contributed by atoms with Crippen molar-refractivity contribution in [3.8, 4) is 5.75 Å². The van der Waals surface area contributed by atoms with Gasteiger partial charge in [0.1, 0.15) is 5.75 Å². The molecule has 0 aliphatic rings. The molecule has 0 N–H and O–H groups in total. The van der Waals surface area contributed by atoms with Crippen LogP contribution < -0.4 is 4.74 Å². The molecule has 0 fully saturated rings. The standard InChI is InChI=1S/C13H13Cl3O4/c1-3-7(2)13(18)20-12(17)6-19-11-5-9(15)8(14)4-10(11)16/h4-5,7H,3,6H2,1-2H3. The molecule has 0 aliphatic heterocycles. The normalized spacial score (nSPS) is 11.8. The third-order valence-corrected chi connectivity index (χ3v) is 3.57. The Balaban J connectivity index is 2.57. The van der Waals surface area contributed by atoms with E-state index in [4.69, 9.17) is 39.5 Å². The van der Waals surface area contributed by atoms with Crippen LogP contribution in [0.4, 0.5) is 0 Å². The maximum Gasteiger partial charge on any atom is 0.351 e. The quantitative estimate of drug-likeness (QED) is 0.459. The zero-order valence-electron chi connectivity index (χ0n) is 10.9. The smallest absolute Gasteiger partial charge is 0.351 e. The van der Waals surface area contributed by atoms with E-state index in [-0.39, 0.29) is 26.7 Å². The molecule has 0 saturated heterocycles. The molecule has 110 valence electrons. The molecule has 0 bridgehead atoms. The molecule has 1 unspecified atom stereocenters. The van der Waals surface area contributed by atoms with Gasteiger partial charge >= 0.3 is 11.9 Å². The second-order valence-electron chi connectivity index (χ2n) is 4.09. The van der Waals surface area contributed by atoms with E-state index in [0.29, 0.717) is 6.42 Å². The van der Waals surface area contributed by atoms with Crippen molar-refractivity contribution in [1.82, 2.24) is 0 Å². The molecule has 0 amide bonds. The first-order valence-corrected chi connectivity index (χ1v) is 7.00. The van der Waals surface area contributed by atoms with Crippen molar-refractivity contribution in [2.75, 3.05) is 6.61 Å². The molecule has 1 aromatic rings. The summed E-state index contributed by atoms with van der Waals surface area (Å²) < 4.78 is 9.76. The second kappa shape index (κ2) is 7.72. The highest BCUT2D eigenvalue weighted by molar-refractivity contribution is 6.43. The molecule has 0 saturated carbocycles. The molecule has 4 nitrogen and oxygen atoms in total. The van der Waals surface area contributed by atoms with E-state index in [9.17, 15) is 9.59 Å². The highest BCUT2D eigenvalue weighted by Crippen LogP contribution is 2.33. The van der Waals surface area contributed by atoms with Gasteiger partial charge in [0.05, 0.1) is 21.0 Å². The average molecular weight is 340 g/mol. The lowest BCUT2D eigenvalue weighted by atomic mass is 10.1. The number of ether oxygens (including phenoxy) is 2. The van der Waals surface area contributed by atoms with E-state index in [1.165, 1.54) is 12.1 Å². The second-order valence-corrected chi connectivity index (χ2v) is 5.31. The van der Waals surface area contributed by atoms with Crippen LogP contribution in [-0.2, 0) is 14.3 Å². The van der Waals surface area contributed by atoms with Crippen LogP contribution >= 0.6 is 34.8 Å². The summed E-state index contributed by atoms with van der Waals surface area (Å²) in [5.74, 6) is -1.53. The number of esters is 2. The minimum absolute atomic E-state index is 0.189.